The number of benzene rings is 2. The topological polar surface area (TPSA) is 77.2 Å². The molecule has 2 aromatic rings. The molecule has 100 valence electrons. The van der Waals surface area contributed by atoms with Crippen LogP contribution in [-0.4, -0.2) is 17.5 Å². The molecule has 0 aliphatic heterocycles. The number of nitrogens with two attached hydrogens (primary N) is 1. The minimum Gasteiger partial charge on any atom is -0.366 e. The van der Waals surface area contributed by atoms with Crippen molar-refractivity contribution in [2.24, 2.45) is 5.73 Å². The minimum atomic E-state index is -0.711. The zero-order valence-corrected chi connectivity index (χ0v) is 11.1. The fourth-order valence-corrected chi connectivity index (χ4v) is 2.35. The Hall–Kier alpha value is -2.46. The minimum absolute atomic E-state index is 0. The van der Waals surface area contributed by atoms with Gasteiger partial charge in [0.15, 0.2) is 11.6 Å². The second-order valence-corrected chi connectivity index (χ2v) is 4.30. The first-order valence-electron chi connectivity index (χ1n) is 5.72. The first-order chi connectivity index (χ1) is 9.11. The molecule has 0 fully saturated rings. The van der Waals surface area contributed by atoms with Crippen LogP contribution in [0.1, 0.15) is 42.2 Å². The zero-order valence-electron chi connectivity index (χ0n) is 10.3. The van der Waals surface area contributed by atoms with Crippen molar-refractivity contribution < 1.29 is 14.4 Å². The van der Waals surface area contributed by atoms with Gasteiger partial charge in [0.1, 0.15) is 0 Å². The molecule has 1 aliphatic carbocycles. The van der Waals surface area contributed by atoms with E-state index in [1.807, 2.05) is 0 Å². The van der Waals surface area contributed by atoms with E-state index in [9.17, 15) is 14.4 Å². The van der Waals surface area contributed by atoms with Crippen molar-refractivity contribution in [3.8, 4) is 0 Å². The number of amides is 1. The summed E-state index contributed by atoms with van der Waals surface area (Å²) in [5.41, 5.74) is 6.37. The third kappa shape index (κ3) is 1.82. The van der Waals surface area contributed by atoms with E-state index in [2.05, 4.69) is 0 Å². The van der Waals surface area contributed by atoms with Gasteiger partial charge in [-0.05, 0) is 6.07 Å². The standard InChI is InChI=1S/C15H9NO3.ClH/c16-15(19)11-7-3-6-10-12(11)14(18)9-5-2-1-4-8(9)13(10)17;/h1-7H,(H2,16,19);1H. The van der Waals surface area contributed by atoms with E-state index in [0.717, 1.165) is 0 Å². The average Bonchev–Trinajstić information content (AvgIpc) is 2.44. The van der Waals surface area contributed by atoms with Gasteiger partial charge in [0, 0.05) is 22.3 Å². The summed E-state index contributed by atoms with van der Waals surface area (Å²) >= 11 is 0. The van der Waals surface area contributed by atoms with Crippen molar-refractivity contribution in [2.45, 2.75) is 0 Å². The van der Waals surface area contributed by atoms with E-state index in [4.69, 9.17) is 5.73 Å². The Morgan fingerprint density at radius 3 is 1.95 bits per heavy atom. The predicted octanol–water partition coefficient (Wildman–Crippen LogP) is 1.98. The molecule has 1 amide bonds. The van der Waals surface area contributed by atoms with Crippen molar-refractivity contribution in [1.82, 2.24) is 0 Å². The SMILES string of the molecule is Cl.NC(=O)c1cccc2c1C(=O)c1ccccc1C2=O. The Kier molecular flexibility index (Phi) is 3.42. The lowest BCUT2D eigenvalue weighted by Crippen LogP contribution is -2.25. The second kappa shape index (κ2) is 4.90. The Morgan fingerprint density at radius 1 is 0.800 bits per heavy atom. The number of carbonyl (C=O) groups excluding carboxylic acids is 3. The van der Waals surface area contributed by atoms with Crippen LogP contribution >= 0.6 is 12.4 Å². The summed E-state index contributed by atoms with van der Waals surface area (Å²) in [6.07, 6.45) is 0. The normalized spacial score (nSPS) is 12.2. The van der Waals surface area contributed by atoms with Gasteiger partial charge in [0.2, 0.25) is 5.91 Å². The van der Waals surface area contributed by atoms with Crippen LogP contribution in [0.4, 0.5) is 0 Å². The molecule has 20 heavy (non-hydrogen) atoms. The van der Waals surface area contributed by atoms with E-state index in [-0.39, 0.29) is 40.7 Å². The molecule has 0 saturated heterocycles. The van der Waals surface area contributed by atoms with Crippen LogP contribution in [0.15, 0.2) is 42.5 Å². The van der Waals surface area contributed by atoms with Gasteiger partial charge < -0.3 is 5.73 Å². The highest BCUT2D eigenvalue weighted by Gasteiger charge is 2.32. The highest BCUT2D eigenvalue weighted by molar-refractivity contribution is 6.30. The highest BCUT2D eigenvalue weighted by atomic mass is 35.5. The molecule has 3 rings (SSSR count). The number of ketones is 2. The van der Waals surface area contributed by atoms with Gasteiger partial charge in [0.25, 0.3) is 0 Å². The van der Waals surface area contributed by atoms with Crippen LogP contribution in [0.2, 0.25) is 0 Å². The molecule has 0 unspecified atom stereocenters. The third-order valence-corrected chi connectivity index (χ3v) is 3.22. The van der Waals surface area contributed by atoms with Gasteiger partial charge in [-0.15, -0.1) is 12.4 Å². The number of halogens is 1. The lowest BCUT2D eigenvalue weighted by Gasteiger charge is -2.18. The maximum Gasteiger partial charge on any atom is 0.249 e. The molecule has 0 spiro atoms. The Bertz CT molecular complexity index is 753. The van der Waals surface area contributed by atoms with Gasteiger partial charge in [0.05, 0.1) is 5.56 Å². The fraction of sp³-hybridized carbons (Fsp3) is 0. The summed E-state index contributed by atoms with van der Waals surface area (Å²) in [4.78, 5) is 36.1. The molecule has 2 aromatic carbocycles. The van der Waals surface area contributed by atoms with E-state index in [1.54, 1.807) is 30.3 Å². The fourth-order valence-electron chi connectivity index (χ4n) is 2.35. The van der Waals surface area contributed by atoms with Crippen LogP contribution in [0.5, 0.6) is 0 Å². The molecule has 0 heterocycles. The number of carbonyl (C=O) groups is 3. The quantitative estimate of drug-likeness (QED) is 0.743. The zero-order chi connectivity index (χ0) is 13.6. The van der Waals surface area contributed by atoms with Crippen LogP contribution in [-0.2, 0) is 0 Å². The van der Waals surface area contributed by atoms with Crippen molar-refractivity contribution in [3.63, 3.8) is 0 Å². The van der Waals surface area contributed by atoms with Crippen LogP contribution in [0.3, 0.4) is 0 Å². The molecule has 0 aromatic heterocycles. The van der Waals surface area contributed by atoms with E-state index < -0.39 is 5.91 Å². The maximum absolute atomic E-state index is 12.4. The summed E-state index contributed by atoms with van der Waals surface area (Å²) in [7, 11) is 0. The molecular formula is C15H10ClNO3. The predicted molar refractivity (Wildman–Crippen MR) is 75.5 cm³/mol. The van der Waals surface area contributed by atoms with Gasteiger partial charge in [-0.3, -0.25) is 14.4 Å². The summed E-state index contributed by atoms with van der Waals surface area (Å²) < 4.78 is 0. The van der Waals surface area contributed by atoms with Crippen molar-refractivity contribution in [2.75, 3.05) is 0 Å². The number of hydrogen-bond donors (Lipinski definition) is 1. The van der Waals surface area contributed by atoms with E-state index >= 15 is 0 Å². The molecule has 0 radical (unpaired) electrons. The Labute approximate surface area is 121 Å². The monoisotopic (exact) mass is 287 g/mol. The molecule has 1 aliphatic rings. The van der Waals surface area contributed by atoms with Crippen LogP contribution < -0.4 is 5.73 Å². The summed E-state index contributed by atoms with van der Waals surface area (Å²) in [5, 5.41) is 0. The van der Waals surface area contributed by atoms with Gasteiger partial charge in [-0.25, -0.2) is 0 Å². The Morgan fingerprint density at radius 2 is 1.35 bits per heavy atom. The van der Waals surface area contributed by atoms with Crippen molar-refractivity contribution in [3.05, 3.63) is 70.3 Å². The molecule has 0 bridgehead atoms. The average molecular weight is 288 g/mol. The summed E-state index contributed by atoms with van der Waals surface area (Å²) in [6, 6.07) is 11.1. The second-order valence-electron chi connectivity index (χ2n) is 4.30. The number of rotatable bonds is 1. The van der Waals surface area contributed by atoms with Crippen LogP contribution in [0, 0.1) is 0 Å². The Balaban J connectivity index is 0.00000147. The summed E-state index contributed by atoms with van der Waals surface area (Å²) in [5.74, 6) is -1.30. The smallest absolute Gasteiger partial charge is 0.249 e. The number of primary amides is 1. The first-order valence-corrected chi connectivity index (χ1v) is 5.72. The lowest BCUT2D eigenvalue weighted by molar-refractivity contribution is 0.0964. The van der Waals surface area contributed by atoms with Crippen LogP contribution in [0.25, 0.3) is 0 Å². The summed E-state index contributed by atoms with van der Waals surface area (Å²) in [6.45, 7) is 0. The largest absolute Gasteiger partial charge is 0.366 e. The van der Waals surface area contributed by atoms with Crippen molar-refractivity contribution >= 4 is 29.9 Å². The molecule has 0 saturated carbocycles. The molecule has 4 nitrogen and oxygen atoms in total. The van der Waals surface area contributed by atoms with E-state index in [1.165, 1.54) is 12.1 Å². The molecule has 2 N–H and O–H groups in total. The van der Waals surface area contributed by atoms with Gasteiger partial charge in [-0.1, -0.05) is 36.4 Å². The van der Waals surface area contributed by atoms with Crippen molar-refractivity contribution in [1.29, 1.82) is 0 Å². The third-order valence-electron chi connectivity index (χ3n) is 3.22. The van der Waals surface area contributed by atoms with Gasteiger partial charge in [-0.2, -0.15) is 0 Å². The van der Waals surface area contributed by atoms with E-state index in [0.29, 0.717) is 11.1 Å². The number of hydrogen-bond acceptors (Lipinski definition) is 3. The molecule has 5 heteroatoms. The molecule has 0 atom stereocenters. The molecular weight excluding hydrogens is 278 g/mol. The number of fused-ring (bicyclic) bond motifs is 2. The first kappa shape index (κ1) is 14.0. The van der Waals surface area contributed by atoms with Gasteiger partial charge >= 0.3 is 0 Å². The lowest BCUT2D eigenvalue weighted by atomic mass is 9.82. The highest BCUT2D eigenvalue weighted by Crippen LogP contribution is 2.29. The maximum atomic E-state index is 12.4.